The van der Waals surface area contributed by atoms with Crippen LogP contribution in [-0.2, 0) is 0 Å². The Balaban J connectivity index is 0.00000128. The first-order chi connectivity index (χ1) is 7.11. The minimum absolute atomic E-state index is 0. The lowest BCUT2D eigenvalue weighted by molar-refractivity contribution is 0.256. The smallest absolute Gasteiger partial charge is 0.137 e. The van der Waals surface area contributed by atoms with E-state index in [0.717, 1.165) is 19.3 Å². The largest absolute Gasteiger partial charge is 0.506 e. The average molecular weight is 311 g/mol. The van der Waals surface area contributed by atoms with Crippen molar-refractivity contribution >= 4 is 28.3 Å². The fourth-order valence-corrected chi connectivity index (χ4v) is 2.25. The molecule has 0 aliphatic heterocycles. The summed E-state index contributed by atoms with van der Waals surface area (Å²) in [7, 11) is 0. The Morgan fingerprint density at radius 2 is 2.06 bits per heavy atom. The van der Waals surface area contributed by atoms with Crippen LogP contribution in [0.3, 0.4) is 0 Å². The van der Waals surface area contributed by atoms with Gasteiger partial charge in [-0.05, 0) is 46.8 Å². The summed E-state index contributed by atoms with van der Waals surface area (Å²) < 4.78 is 14.0. The molecule has 0 spiro atoms. The number of hydrogen-bond donors (Lipinski definition) is 2. The Kier molecular flexibility index (Phi) is 4.59. The monoisotopic (exact) mass is 309 g/mol. The van der Waals surface area contributed by atoms with Gasteiger partial charge in [0.2, 0.25) is 0 Å². The van der Waals surface area contributed by atoms with Crippen LogP contribution >= 0.6 is 28.3 Å². The van der Waals surface area contributed by atoms with Crippen molar-refractivity contribution in [1.82, 2.24) is 0 Å². The molecule has 90 valence electrons. The molecule has 1 atom stereocenters. The molecule has 0 bridgehead atoms. The first-order valence-corrected chi connectivity index (χ1v) is 5.83. The number of halogens is 3. The van der Waals surface area contributed by atoms with Crippen LogP contribution in [0.25, 0.3) is 0 Å². The summed E-state index contributed by atoms with van der Waals surface area (Å²) in [6.07, 6.45) is 3.19. The van der Waals surface area contributed by atoms with E-state index in [1.165, 1.54) is 12.1 Å². The Morgan fingerprint density at radius 1 is 1.44 bits per heavy atom. The lowest BCUT2D eigenvalue weighted by atomic mass is 9.77. The molecule has 1 fully saturated rings. The van der Waals surface area contributed by atoms with Gasteiger partial charge >= 0.3 is 0 Å². The predicted molar refractivity (Wildman–Crippen MR) is 67.3 cm³/mol. The van der Waals surface area contributed by atoms with E-state index in [1.54, 1.807) is 0 Å². The highest BCUT2D eigenvalue weighted by Crippen LogP contribution is 2.42. The summed E-state index contributed by atoms with van der Waals surface area (Å²) >= 11 is 3.17. The molecule has 1 aromatic rings. The van der Waals surface area contributed by atoms with Crippen molar-refractivity contribution in [2.75, 3.05) is 0 Å². The molecule has 0 amide bonds. The maximum absolute atomic E-state index is 13.5. The van der Waals surface area contributed by atoms with E-state index in [2.05, 4.69) is 15.9 Å². The third-order valence-electron chi connectivity index (χ3n) is 3.11. The lowest BCUT2D eigenvalue weighted by Crippen LogP contribution is -2.27. The van der Waals surface area contributed by atoms with Gasteiger partial charge in [-0.1, -0.05) is 6.42 Å². The molecule has 0 aromatic heterocycles. The van der Waals surface area contributed by atoms with Crippen molar-refractivity contribution in [2.45, 2.75) is 25.3 Å². The quantitative estimate of drug-likeness (QED) is 0.878. The van der Waals surface area contributed by atoms with Crippen LogP contribution in [0.1, 0.15) is 30.9 Å². The second-order valence-corrected chi connectivity index (χ2v) is 4.86. The van der Waals surface area contributed by atoms with Crippen LogP contribution in [0.15, 0.2) is 16.6 Å². The first-order valence-electron chi connectivity index (χ1n) is 5.03. The first kappa shape index (κ1) is 13.7. The average Bonchev–Trinajstić information content (AvgIpc) is 2.09. The second-order valence-electron chi connectivity index (χ2n) is 4.01. The zero-order chi connectivity index (χ0) is 11.0. The highest BCUT2D eigenvalue weighted by Gasteiger charge is 2.29. The molecule has 0 radical (unpaired) electrons. The minimum Gasteiger partial charge on any atom is -0.506 e. The van der Waals surface area contributed by atoms with Gasteiger partial charge in [0.25, 0.3) is 0 Å². The van der Waals surface area contributed by atoms with Gasteiger partial charge in [0.1, 0.15) is 11.6 Å². The topological polar surface area (TPSA) is 46.2 Å². The van der Waals surface area contributed by atoms with Gasteiger partial charge in [0.15, 0.2) is 0 Å². The van der Waals surface area contributed by atoms with Crippen LogP contribution < -0.4 is 5.73 Å². The number of nitrogens with two attached hydrogens (primary N) is 1. The van der Waals surface area contributed by atoms with Gasteiger partial charge in [-0.15, -0.1) is 12.4 Å². The molecule has 1 aliphatic rings. The van der Waals surface area contributed by atoms with Crippen molar-refractivity contribution in [3.63, 3.8) is 0 Å². The number of aromatic hydroxyl groups is 1. The molecule has 0 heterocycles. The Hall–Kier alpha value is -0.320. The zero-order valence-electron chi connectivity index (χ0n) is 8.62. The van der Waals surface area contributed by atoms with Crippen molar-refractivity contribution in [2.24, 2.45) is 11.7 Å². The van der Waals surface area contributed by atoms with Crippen LogP contribution in [0.4, 0.5) is 4.39 Å². The molecule has 0 unspecified atom stereocenters. The maximum Gasteiger partial charge on any atom is 0.137 e. The molecule has 1 aromatic carbocycles. The van der Waals surface area contributed by atoms with Crippen molar-refractivity contribution in [3.8, 4) is 5.75 Å². The van der Waals surface area contributed by atoms with Crippen LogP contribution in [-0.4, -0.2) is 5.11 Å². The van der Waals surface area contributed by atoms with Gasteiger partial charge in [-0.3, -0.25) is 0 Å². The maximum atomic E-state index is 13.5. The normalized spacial score (nSPS) is 17.4. The van der Waals surface area contributed by atoms with E-state index in [-0.39, 0.29) is 23.7 Å². The third kappa shape index (κ3) is 2.34. The molecule has 2 nitrogen and oxygen atoms in total. The van der Waals surface area contributed by atoms with E-state index >= 15 is 0 Å². The Labute approximate surface area is 109 Å². The molecule has 1 saturated carbocycles. The highest BCUT2D eigenvalue weighted by molar-refractivity contribution is 9.10. The summed E-state index contributed by atoms with van der Waals surface area (Å²) in [6, 6.07) is 2.43. The van der Waals surface area contributed by atoms with Gasteiger partial charge in [-0.25, -0.2) is 4.39 Å². The molecule has 0 saturated heterocycles. The van der Waals surface area contributed by atoms with Crippen molar-refractivity contribution in [3.05, 3.63) is 28.0 Å². The van der Waals surface area contributed by atoms with Crippen LogP contribution in [0, 0.1) is 11.7 Å². The molecular formula is C11H14BrClFNO. The summed E-state index contributed by atoms with van der Waals surface area (Å²) in [5, 5.41) is 9.75. The number of rotatable bonds is 2. The molecule has 5 heteroatoms. The van der Waals surface area contributed by atoms with Crippen molar-refractivity contribution < 1.29 is 9.50 Å². The zero-order valence-corrected chi connectivity index (χ0v) is 11.0. The fraction of sp³-hybridized carbons (Fsp3) is 0.455. The van der Waals surface area contributed by atoms with E-state index in [1.807, 2.05) is 0 Å². The van der Waals surface area contributed by atoms with Crippen molar-refractivity contribution in [1.29, 1.82) is 0 Å². The minimum atomic E-state index is -0.421. The SMILES string of the molecule is Cl.N[C@H](c1c(F)ccc(Br)c1O)C1CCC1. The van der Waals surface area contributed by atoms with E-state index in [4.69, 9.17) is 5.73 Å². The summed E-state index contributed by atoms with van der Waals surface area (Å²) in [5.74, 6) is -0.177. The van der Waals surface area contributed by atoms with E-state index in [0.29, 0.717) is 10.4 Å². The van der Waals surface area contributed by atoms with Gasteiger partial charge in [0, 0.05) is 11.6 Å². The van der Waals surface area contributed by atoms with Gasteiger partial charge in [0.05, 0.1) is 4.47 Å². The Morgan fingerprint density at radius 3 is 2.56 bits per heavy atom. The molecule has 3 N–H and O–H groups in total. The van der Waals surface area contributed by atoms with Gasteiger partial charge < -0.3 is 10.8 Å². The van der Waals surface area contributed by atoms with E-state index in [9.17, 15) is 9.50 Å². The molecular weight excluding hydrogens is 296 g/mol. The van der Waals surface area contributed by atoms with Gasteiger partial charge in [-0.2, -0.15) is 0 Å². The van der Waals surface area contributed by atoms with Crippen LogP contribution in [0.2, 0.25) is 0 Å². The van der Waals surface area contributed by atoms with E-state index < -0.39 is 11.9 Å². The highest BCUT2D eigenvalue weighted by atomic mass is 79.9. The summed E-state index contributed by atoms with van der Waals surface area (Å²) in [4.78, 5) is 0. The predicted octanol–water partition coefficient (Wildman–Crippen LogP) is 3.52. The summed E-state index contributed by atoms with van der Waals surface area (Å²) in [6.45, 7) is 0. The molecule has 1 aliphatic carbocycles. The number of hydrogen-bond acceptors (Lipinski definition) is 2. The molecule has 16 heavy (non-hydrogen) atoms. The number of benzene rings is 1. The molecule has 2 rings (SSSR count). The third-order valence-corrected chi connectivity index (χ3v) is 3.75. The van der Waals surface area contributed by atoms with Crippen LogP contribution in [0.5, 0.6) is 5.75 Å². The standard InChI is InChI=1S/C11H13BrFNO.ClH/c12-7-4-5-8(13)9(11(7)15)10(14)6-2-1-3-6;/h4-6,10,15H,1-3,14H2;1H/t10-;/m0./s1. The fourth-order valence-electron chi connectivity index (χ4n) is 1.91. The Bertz CT molecular complexity index is 384. The number of phenols is 1. The second kappa shape index (κ2) is 5.34. The summed E-state index contributed by atoms with van der Waals surface area (Å²) in [5.41, 5.74) is 6.19. The lowest BCUT2D eigenvalue weighted by Gasteiger charge is -2.32. The number of phenolic OH excluding ortho intramolecular Hbond substituents is 1.